The van der Waals surface area contributed by atoms with Crippen molar-refractivity contribution in [2.75, 3.05) is 7.11 Å². The van der Waals surface area contributed by atoms with Crippen molar-refractivity contribution in [2.45, 2.75) is 44.4 Å². The Kier molecular flexibility index (Phi) is 4.25. The van der Waals surface area contributed by atoms with E-state index in [9.17, 15) is 0 Å². The average Bonchev–Trinajstić information content (AvgIpc) is 2.69. The van der Waals surface area contributed by atoms with Crippen LogP contribution in [0.2, 0.25) is 0 Å². The van der Waals surface area contributed by atoms with Gasteiger partial charge in [0.05, 0.1) is 7.11 Å². The normalized spacial score (nSPS) is 23.9. The number of nitrogens with zero attached hydrogens (tertiary/aromatic N) is 2. The highest BCUT2D eigenvalue weighted by Gasteiger charge is 2.38. The van der Waals surface area contributed by atoms with Gasteiger partial charge in [-0.2, -0.15) is 0 Å². The molecule has 1 heterocycles. The van der Waals surface area contributed by atoms with Crippen LogP contribution in [0.1, 0.15) is 38.8 Å². The zero-order valence-corrected chi connectivity index (χ0v) is 12.9. The molecule has 1 aliphatic rings. The number of rotatable bonds is 4. The molecule has 4 heteroatoms. The number of ether oxygens (including phenoxy) is 1. The summed E-state index contributed by atoms with van der Waals surface area (Å²) in [6, 6.07) is 1.93. The first-order valence-corrected chi connectivity index (χ1v) is 7.43. The SMILES string of the molecule is COc1cc(CC(Br)C2CCCC2(C)C)ncn1. The molecule has 3 nitrogen and oxygen atoms in total. The van der Waals surface area contributed by atoms with Crippen LogP contribution in [0.4, 0.5) is 0 Å². The molecule has 0 amide bonds. The van der Waals surface area contributed by atoms with E-state index in [0.717, 1.165) is 18.0 Å². The van der Waals surface area contributed by atoms with Crippen LogP contribution in [0.25, 0.3) is 0 Å². The first-order valence-electron chi connectivity index (χ1n) is 6.52. The summed E-state index contributed by atoms with van der Waals surface area (Å²) in [7, 11) is 1.64. The Morgan fingerprint density at radius 2 is 2.28 bits per heavy atom. The van der Waals surface area contributed by atoms with Crippen molar-refractivity contribution in [3.63, 3.8) is 0 Å². The van der Waals surface area contributed by atoms with Crippen molar-refractivity contribution in [1.29, 1.82) is 0 Å². The van der Waals surface area contributed by atoms with Gasteiger partial charge in [0.15, 0.2) is 0 Å². The molecular formula is C14H21BrN2O. The van der Waals surface area contributed by atoms with Gasteiger partial charge in [-0.25, -0.2) is 9.97 Å². The standard InChI is InChI=1S/C14H21BrN2O/c1-14(2)6-4-5-11(14)12(15)7-10-8-13(18-3)17-9-16-10/h8-9,11-12H,4-7H2,1-3H3. The predicted molar refractivity (Wildman–Crippen MR) is 76.1 cm³/mol. The van der Waals surface area contributed by atoms with Crippen LogP contribution in [0, 0.1) is 11.3 Å². The molecule has 100 valence electrons. The highest BCUT2D eigenvalue weighted by atomic mass is 79.9. The molecule has 1 aliphatic carbocycles. The lowest BCUT2D eigenvalue weighted by molar-refractivity contribution is 0.254. The molecule has 0 bridgehead atoms. The third kappa shape index (κ3) is 3.02. The smallest absolute Gasteiger partial charge is 0.216 e. The van der Waals surface area contributed by atoms with E-state index < -0.39 is 0 Å². The van der Waals surface area contributed by atoms with Crippen molar-refractivity contribution >= 4 is 15.9 Å². The topological polar surface area (TPSA) is 35.0 Å². The summed E-state index contributed by atoms with van der Waals surface area (Å²) in [5, 5.41) is 0. The monoisotopic (exact) mass is 312 g/mol. The molecule has 2 rings (SSSR count). The molecule has 0 N–H and O–H groups in total. The maximum absolute atomic E-state index is 5.14. The molecule has 2 unspecified atom stereocenters. The largest absolute Gasteiger partial charge is 0.481 e. The number of alkyl halides is 1. The van der Waals surface area contributed by atoms with Gasteiger partial charge in [-0.1, -0.05) is 36.2 Å². The van der Waals surface area contributed by atoms with Crippen LogP contribution in [0.15, 0.2) is 12.4 Å². The molecule has 1 saturated carbocycles. The minimum absolute atomic E-state index is 0.436. The van der Waals surface area contributed by atoms with E-state index >= 15 is 0 Å². The van der Waals surface area contributed by atoms with E-state index in [1.165, 1.54) is 19.3 Å². The Hall–Kier alpha value is -0.640. The molecule has 1 aromatic rings. The first kappa shape index (κ1) is 13.8. The summed E-state index contributed by atoms with van der Waals surface area (Å²) < 4.78 is 5.14. The number of methoxy groups -OCH3 is 1. The fraction of sp³-hybridized carbons (Fsp3) is 0.714. The predicted octanol–water partition coefficient (Wildman–Crippen LogP) is 3.62. The minimum Gasteiger partial charge on any atom is -0.481 e. The van der Waals surface area contributed by atoms with Gasteiger partial charge in [0, 0.05) is 23.0 Å². The molecule has 0 radical (unpaired) electrons. The third-order valence-electron chi connectivity index (χ3n) is 4.09. The zero-order chi connectivity index (χ0) is 13.2. The van der Waals surface area contributed by atoms with Crippen LogP contribution < -0.4 is 4.74 Å². The lowest BCUT2D eigenvalue weighted by Crippen LogP contribution is -2.27. The molecular weight excluding hydrogens is 292 g/mol. The van der Waals surface area contributed by atoms with Crippen molar-refractivity contribution in [1.82, 2.24) is 9.97 Å². The summed E-state index contributed by atoms with van der Waals surface area (Å²) in [6.45, 7) is 4.75. The second kappa shape index (κ2) is 5.55. The first-order chi connectivity index (χ1) is 8.53. The zero-order valence-electron chi connectivity index (χ0n) is 11.3. The molecule has 0 aliphatic heterocycles. The molecule has 1 fully saturated rings. The fourth-order valence-corrected chi connectivity index (χ4v) is 4.28. The third-order valence-corrected chi connectivity index (χ3v) is 5.05. The van der Waals surface area contributed by atoms with E-state index in [1.807, 2.05) is 6.07 Å². The van der Waals surface area contributed by atoms with E-state index in [4.69, 9.17) is 4.74 Å². The van der Waals surface area contributed by atoms with Crippen molar-refractivity contribution in [3.05, 3.63) is 18.1 Å². The molecule has 0 saturated heterocycles. The van der Waals surface area contributed by atoms with Gasteiger partial charge in [0.25, 0.3) is 0 Å². The second-order valence-corrected chi connectivity index (χ2v) is 6.94. The Morgan fingerprint density at radius 3 is 2.89 bits per heavy atom. The molecule has 18 heavy (non-hydrogen) atoms. The van der Waals surface area contributed by atoms with E-state index in [0.29, 0.717) is 16.1 Å². The molecule has 0 aromatic carbocycles. The van der Waals surface area contributed by atoms with Crippen LogP contribution in [0.5, 0.6) is 5.88 Å². The maximum atomic E-state index is 5.14. The second-order valence-electron chi connectivity index (χ2n) is 5.76. The fourth-order valence-electron chi connectivity index (χ4n) is 2.97. The van der Waals surface area contributed by atoms with Crippen LogP contribution in [-0.4, -0.2) is 21.9 Å². The van der Waals surface area contributed by atoms with Gasteiger partial charge in [-0.3, -0.25) is 0 Å². The maximum Gasteiger partial charge on any atom is 0.216 e. The van der Waals surface area contributed by atoms with E-state index in [-0.39, 0.29) is 0 Å². The Bertz CT molecular complexity index is 409. The highest BCUT2D eigenvalue weighted by molar-refractivity contribution is 9.09. The Morgan fingerprint density at radius 1 is 1.50 bits per heavy atom. The van der Waals surface area contributed by atoms with Crippen LogP contribution in [0.3, 0.4) is 0 Å². The number of hydrogen-bond acceptors (Lipinski definition) is 3. The van der Waals surface area contributed by atoms with Crippen LogP contribution in [-0.2, 0) is 6.42 Å². The average molecular weight is 313 g/mol. The van der Waals surface area contributed by atoms with E-state index in [2.05, 4.69) is 39.7 Å². The number of aromatic nitrogens is 2. The summed E-state index contributed by atoms with van der Waals surface area (Å²) in [4.78, 5) is 8.85. The summed E-state index contributed by atoms with van der Waals surface area (Å²) in [5.74, 6) is 1.36. The lowest BCUT2D eigenvalue weighted by Gasteiger charge is -2.31. The number of halogens is 1. The van der Waals surface area contributed by atoms with Crippen molar-refractivity contribution < 1.29 is 4.74 Å². The number of hydrogen-bond donors (Lipinski definition) is 0. The van der Waals surface area contributed by atoms with Gasteiger partial charge in [0.1, 0.15) is 6.33 Å². The highest BCUT2D eigenvalue weighted by Crippen LogP contribution is 2.46. The lowest BCUT2D eigenvalue weighted by atomic mass is 9.79. The molecule has 1 aromatic heterocycles. The van der Waals surface area contributed by atoms with Gasteiger partial charge in [0.2, 0.25) is 5.88 Å². The van der Waals surface area contributed by atoms with Gasteiger partial charge in [-0.15, -0.1) is 0 Å². The Labute approximate surface area is 117 Å². The van der Waals surface area contributed by atoms with Gasteiger partial charge >= 0.3 is 0 Å². The quantitative estimate of drug-likeness (QED) is 0.796. The summed E-state index contributed by atoms with van der Waals surface area (Å²) in [6.07, 6.45) is 6.49. The summed E-state index contributed by atoms with van der Waals surface area (Å²) in [5.41, 5.74) is 1.48. The summed E-state index contributed by atoms with van der Waals surface area (Å²) >= 11 is 3.86. The van der Waals surface area contributed by atoms with Crippen LogP contribution >= 0.6 is 15.9 Å². The van der Waals surface area contributed by atoms with E-state index in [1.54, 1.807) is 13.4 Å². The Balaban J connectivity index is 2.04. The van der Waals surface area contributed by atoms with Gasteiger partial charge < -0.3 is 4.74 Å². The molecule has 2 atom stereocenters. The van der Waals surface area contributed by atoms with Crippen molar-refractivity contribution in [3.8, 4) is 5.88 Å². The minimum atomic E-state index is 0.436. The van der Waals surface area contributed by atoms with Gasteiger partial charge in [-0.05, 0) is 24.2 Å². The van der Waals surface area contributed by atoms with Crippen molar-refractivity contribution in [2.24, 2.45) is 11.3 Å². The molecule has 0 spiro atoms.